The summed E-state index contributed by atoms with van der Waals surface area (Å²) >= 11 is 0. The predicted octanol–water partition coefficient (Wildman–Crippen LogP) is 4.94. The first-order valence-corrected chi connectivity index (χ1v) is 13.5. The Bertz CT molecular complexity index is 1700. The maximum atomic E-state index is 13.9. The van der Waals surface area contributed by atoms with Crippen LogP contribution in [0.25, 0.3) is 33.0 Å². The van der Waals surface area contributed by atoms with E-state index in [0.717, 1.165) is 21.8 Å². The fourth-order valence-corrected chi connectivity index (χ4v) is 6.12. The van der Waals surface area contributed by atoms with E-state index in [-0.39, 0.29) is 13.2 Å². The van der Waals surface area contributed by atoms with Gasteiger partial charge in [0.25, 0.3) is 11.8 Å². The molecule has 1 fully saturated rings. The molecule has 3 aliphatic rings. The van der Waals surface area contributed by atoms with Crippen molar-refractivity contribution in [2.45, 2.75) is 50.8 Å². The first kappa shape index (κ1) is 25.1. The van der Waals surface area contributed by atoms with Gasteiger partial charge in [-0.1, -0.05) is 36.4 Å². The van der Waals surface area contributed by atoms with Crippen molar-refractivity contribution in [1.82, 2.24) is 19.4 Å². The number of hydrogen-bond donors (Lipinski definition) is 1. The molecule has 206 valence electrons. The number of aryl methyl sites for hydroxylation is 1. The largest absolute Gasteiger partial charge is 0.460 e. The molecule has 0 radical (unpaired) electrons. The summed E-state index contributed by atoms with van der Waals surface area (Å²) in [6.45, 7) is 0.752. The second kappa shape index (κ2) is 9.35. The molecule has 0 saturated heterocycles. The molecule has 1 N–H and O–H groups in total. The second-order valence-electron chi connectivity index (χ2n) is 10.7. The lowest BCUT2D eigenvalue weighted by Gasteiger charge is -2.29. The Morgan fingerprint density at radius 1 is 0.825 bits per heavy atom. The Labute approximate surface area is 227 Å². The number of alkyl halides is 3. The van der Waals surface area contributed by atoms with E-state index >= 15 is 0 Å². The molecule has 7 nitrogen and oxygen atoms in total. The van der Waals surface area contributed by atoms with Crippen molar-refractivity contribution in [2.75, 3.05) is 13.2 Å². The SMILES string of the molecule is O=C1NC(=O)C2=C1c1cn(c3ccccc13)CCO[C@H](CN(C1CC1)C(F)(F)F)CCn1cc2c2ccccc21. The fourth-order valence-electron chi connectivity index (χ4n) is 6.12. The van der Waals surface area contributed by atoms with E-state index in [1.807, 2.05) is 70.1 Å². The molecule has 2 aliphatic heterocycles. The predicted molar refractivity (Wildman–Crippen MR) is 144 cm³/mol. The molecule has 4 bridgehead atoms. The summed E-state index contributed by atoms with van der Waals surface area (Å²) < 4.78 is 51.8. The first-order valence-electron chi connectivity index (χ1n) is 13.5. The van der Waals surface area contributed by atoms with Crippen LogP contribution < -0.4 is 5.32 Å². The number of nitrogens with zero attached hydrogens (tertiary/aromatic N) is 3. The van der Waals surface area contributed by atoms with Gasteiger partial charge in [-0.25, -0.2) is 4.90 Å². The van der Waals surface area contributed by atoms with Crippen molar-refractivity contribution < 1.29 is 27.5 Å². The zero-order valence-corrected chi connectivity index (χ0v) is 21.6. The van der Waals surface area contributed by atoms with Crippen molar-refractivity contribution >= 4 is 44.8 Å². The van der Waals surface area contributed by atoms with E-state index in [4.69, 9.17) is 4.74 Å². The van der Waals surface area contributed by atoms with Crippen LogP contribution in [0.3, 0.4) is 0 Å². The Morgan fingerprint density at radius 3 is 1.93 bits per heavy atom. The molecular weight excluding hydrogens is 521 g/mol. The van der Waals surface area contributed by atoms with Crippen LogP contribution in [0, 0.1) is 0 Å². The van der Waals surface area contributed by atoms with E-state index in [0.29, 0.717) is 59.5 Å². The molecule has 4 heterocycles. The molecule has 0 spiro atoms. The smallest absolute Gasteiger partial charge is 0.375 e. The normalized spacial score (nSPS) is 20.4. The highest BCUT2D eigenvalue weighted by molar-refractivity contribution is 6.50. The summed E-state index contributed by atoms with van der Waals surface area (Å²) in [5, 5.41) is 4.10. The summed E-state index contributed by atoms with van der Waals surface area (Å²) in [4.78, 5) is 27.1. The lowest BCUT2D eigenvalue weighted by molar-refractivity contribution is -0.256. The van der Waals surface area contributed by atoms with E-state index in [1.165, 1.54) is 0 Å². The van der Waals surface area contributed by atoms with Gasteiger partial charge in [0.1, 0.15) is 0 Å². The minimum atomic E-state index is -4.42. The third-order valence-electron chi connectivity index (χ3n) is 8.14. The topological polar surface area (TPSA) is 68.5 Å². The monoisotopic (exact) mass is 548 g/mol. The van der Waals surface area contributed by atoms with Crippen LogP contribution in [0.1, 0.15) is 30.4 Å². The summed E-state index contributed by atoms with van der Waals surface area (Å²) in [6, 6.07) is 14.7. The molecule has 4 aromatic rings. The molecule has 7 rings (SSSR count). The zero-order chi connectivity index (χ0) is 27.6. The maximum absolute atomic E-state index is 13.9. The number of imide groups is 1. The lowest BCUT2D eigenvalue weighted by atomic mass is 9.95. The number of nitrogens with one attached hydrogen (secondary N) is 1. The van der Waals surface area contributed by atoms with Gasteiger partial charge in [0.15, 0.2) is 0 Å². The van der Waals surface area contributed by atoms with Crippen LogP contribution in [0.4, 0.5) is 13.2 Å². The number of fused-ring (bicyclic) bond motifs is 12. The van der Waals surface area contributed by atoms with Gasteiger partial charge in [-0.2, -0.15) is 13.2 Å². The number of hydrogen-bond acceptors (Lipinski definition) is 4. The third-order valence-corrected chi connectivity index (χ3v) is 8.14. The Hall–Kier alpha value is -3.89. The first-order chi connectivity index (χ1) is 19.3. The van der Waals surface area contributed by atoms with E-state index < -0.39 is 30.3 Å². The second-order valence-corrected chi connectivity index (χ2v) is 10.7. The summed E-state index contributed by atoms with van der Waals surface area (Å²) in [5.74, 6) is -0.909. The number of amides is 2. The van der Waals surface area contributed by atoms with Crippen molar-refractivity contribution in [3.63, 3.8) is 0 Å². The van der Waals surface area contributed by atoms with Gasteiger partial charge in [0.2, 0.25) is 0 Å². The van der Waals surface area contributed by atoms with Gasteiger partial charge in [-0.3, -0.25) is 14.9 Å². The highest BCUT2D eigenvalue weighted by Gasteiger charge is 2.47. The number of rotatable bonds is 3. The highest BCUT2D eigenvalue weighted by atomic mass is 19.4. The lowest BCUT2D eigenvalue weighted by Crippen LogP contribution is -2.45. The minimum Gasteiger partial charge on any atom is -0.375 e. The number of para-hydroxylation sites is 2. The van der Waals surface area contributed by atoms with Crippen LogP contribution in [0.2, 0.25) is 0 Å². The number of carbonyl (C=O) groups excluding carboxylic acids is 2. The highest BCUT2D eigenvalue weighted by Crippen LogP contribution is 2.40. The number of halogens is 3. The summed E-state index contributed by atoms with van der Waals surface area (Å²) in [5.41, 5.74) is 3.58. The van der Waals surface area contributed by atoms with Crippen molar-refractivity contribution in [3.05, 3.63) is 72.1 Å². The van der Waals surface area contributed by atoms with Gasteiger partial charge in [-0.15, -0.1) is 0 Å². The van der Waals surface area contributed by atoms with Crippen LogP contribution in [-0.4, -0.2) is 57.4 Å². The average Bonchev–Trinajstić information content (AvgIpc) is 3.52. The molecule has 2 aromatic heterocycles. The molecule has 1 aliphatic carbocycles. The number of aromatic nitrogens is 2. The number of ether oxygens (including phenoxy) is 1. The Morgan fingerprint density at radius 2 is 1.38 bits per heavy atom. The quantitative estimate of drug-likeness (QED) is 0.291. The van der Waals surface area contributed by atoms with Crippen molar-refractivity contribution in [3.8, 4) is 0 Å². The Balaban J connectivity index is 1.39. The maximum Gasteiger partial charge on any atom is 0.460 e. The molecule has 1 atom stereocenters. The standard InChI is InChI=1S/C30H27F3N4O3/c31-30(32,33)37(18-9-10-18)15-19-11-12-35-16-22(20-5-1-3-7-24(20)35)26-27(29(39)34-28(26)38)23-17-36(13-14-40-19)25-8-4-2-6-21(23)25/h1-8,16-19H,9-15H2,(H,34,38,39)/t19-/m0/s1. The summed E-state index contributed by atoms with van der Waals surface area (Å²) in [7, 11) is 0. The average molecular weight is 549 g/mol. The molecule has 40 heavy (non-hydrogen) atoms. The number of carbonyl (C=O) groups is 2. The van der Waals surface area contributed by atoms with Crippen LogP contribution >= 0.6 is 0 Å². The number of benzene rings is 2. The van der Waals surface area contributed by atoms with Crippen LogP contribution in [0.5, 0.6) is 0 Å². The van der Waals surface area contributed by atoms with Gasteiger partial charge in [-0.05, 0) is 31.4 Å². The fraction of sp³-hybridized carbons (Fsp3) is 0.333. The van der Waals surface area contributed by atoms with Gasteiger partial charge in [0.05, 0.1) is 23.9 Å². The summed E-state index contributed by atoms with van der Waals surface area (Å²) in [6.07, 6.45) is 0.0284. The third kappa shape index (κ3) is 4.22. The molecule has 10 heteroatoms. The zero-order valence-electron chi connectivity index (χ0n) is 21.6. The van der Waals surface area contributed by atoms with Crippen molar-refractivity contribution in [1.29, 1.82) is 0 Å². The van der Waals surface area contributed by atoms with Crippen molar-refractivity contribution in [2.24, 2.45) is 0 Å². The molecule has 2 amide bonds. The molecule has 0 unspecified atom stereocenters. The van der Waals surface area contributed by atoms with E-state index in [9.17, 15) is 22.8 Å². The molecule has 1 saturated carbocycles. The van der Waals surface area contributed by atoms with Crippen LogP contribution in [0.15, 0.2) is 60.9 Å². The van der Waals surface area contributed by atoms with E-state index in [2.05, 4.69) is 5.32 Å². The van der Waals surface area contributed by atoms with Gasteiger partial charge < -0.3 is 13.9 Å². The van der Waals surface area contributed by atoms with E-state index in [1.54, 1.807) is 0 Å². The molecular formula is C30H27F3N4O3. The van der Waals surface area contributed by atoms with Gasteiger partial charge >= 0.3 is 6.30 Å². The Kier molecular flexibility index (Phi) is 5.87. The molecule has 2 aromatic carbocycles. The minimum absolute atomic E-state index is 0.202. The van der Waals surface area contributed by atoms with Gasteiger partial charge in [0, 0.05) is 71.0 Å². The van der Waals surface area contributed by atoms with Crippen LogP contribution in [-0.2, 0) is 27.4 Å².